The molecule has 100 valence electrons. The van der Waals surface area contributed by atoms with E-state index in [4.69, 9.17) is 15.2 Å². The molecule has 2 rings (SSSR count). The summed E-state index contributed by atoms with van der Waals surface area (Å²) in [6.45, 7) is 2.39. The SMILES string of the molecule is COc1ccc(Oc2ccc(CN)c(C)n2)c(Br)c1. The molecule has 4 nitrogen and oxygen atoms in total. The number of methoxy groups -OCH3 is 1. The highest BCUT2D eigenvalue weighted by molar-refractivity contribution is 9.10. The Morgan fingerprint density at radius 1 is 1.26 bits per heavy atom. The van der Waals surface area contributed by atoms with Crippen molar-refractivity contribution < 1.29 is 9.47 Å². The Balaban J connectivity index is 2.23. The van der Waals surface area contributed by atoms with E-state index in [0.29, 0.717) is 18.2 Å². The topological polar surface area (TPSA) is 57.4 Å². The van der Waals surface area contributed by atoms with Crippen LogP contribution in [0, 0.1) is 6.92 Å². The van der Waals surface area contributed by atoms with E-state index in [9.17, 15) is 0 Å². The molecule has 5 heteroatoms. The summed E-state index contributed by atoms with van der Waals surface area (Å²) in [5.74, 6) is 2.00. The van der Waals surface area contributed by atoms with E-state index < -0.39 is 0 Å². The van der Waals surface area contributed by atoms with Crippen LogP contribution in [0.4, 0.5) is 0 Å². The number of pyridine rings is 1. The lowest BCUT2D eigenvalue weighted by Crippen LogP contribution is -2.01. The molecule has 2 aromatic rings. The predicted molar refractivity (Wildman–Crippen MR) is 77.6 cm³/mol. The first-order valence-electron chi connectivity index (χ1n) is 5.82. The molecule has 0 unspecified atom stereocenters. The summed E-state index contributed by atoms with van der Waals surface area (Å²) in [5, 5.41) is 0. The third-order valence-corrected chi connectivity index (χ3v) is 3.36. The number of aromatic nitrogens is 1. The number of ether oxygens (including phenoxy) is 2. The lowest BCUT2D eigenvalue weighted by molar-refractivity contribution is 0.411. The zero-order valence-electron chi connectivity index (χ0n) is 10.8. The van der Waals surface area contributed by atoms with Crippen LogP contribution in [0.25, 0.3) is 0 Å². The molecular formula is C14H15BrN2O2. The largest absolute Gasteiger partial charge is 0.497 e. The van der Waals surface area contributed by atoms with E-state index in [0.717, 1.165) is 21.5 Å². The molecule has 19 heavy (non-hydrogen) atoms. The Labute approximate surface area is 120 Å². The van der Waals surface area contributed by atoms with E-state index >= 15 is 0 Å². The van der Waals surface area contributed by atoms with Gasteiger partial charge in [-0.3, -0.25) is 0 Å². The zero-order valence-corrected chi connectivity index (χ0v) is 12.4. The molecule has 0 radical (unpaired) electrons. The number of hydrogen-bond acceptors (Lipinski definition) is 4. The van der Waals surface area contributed by atoms with Gasteiger partial charge in [-0.1, -0.05) is 6.07 Å². The molecule has 0 saturated carbocycles. The number of hydrogen-bond donors (Lipinski definition) is 1. The van der Waals surface area contributed by atoms with E-state index in [1.54, 1.807) is 7.11 Å². The first-order valence-corrected chi connectivity index (χ1v) is 6.61. The van der Waals surface area contributed by atoms with Gasteiger partial charge in [-0.15, -0.1) is 0 Å². The summed E-state index contributed by atoms with van der Waals surface area (Å²) in [5.41, 5.74) is 7.50. The summed E-state index contributed by atoms with van der Waals surface area (Å²) in [7, 11) is 1.62. The smallest absolute Gasteiger partial charge is 0.219 e. The molecule has 0 aliphatic heterocycles. The van der Waals surface area contributed by atoms with Crippen molar-refractivity contribution in [3.8, 4) is 17.4 Å². The van der Waals surface area contributed by atoms with E-state index in [1.807, 2.05) is 37.3 Å². The molecule has 1 aromatic heterocycles. The fourth-order valence-electron chi connectivity index (χ4n) is 1.64. The van der Waals surface area contributed by atoms with Gasteiger partial charge in [0.1, 0.15) is 11.5 Å². The minimum atomic E-state index is 0.478. The molecule has 1 aromatic carbocycles. The van der Waals surface area contributed by atoms with Crippen molar-refractivity contribution in [2.24, 2.45) is 5.73 Å². The molecule has 0 aliphatic carbocycles. The van der Waals surface area contributed by atoms with E-state index in [1.165, 1.54) is 0 Å². The first kappa shape index (κ1) is 13.8. The van der Waals surface area contributed by atoms with Gasteiger partial charge >= 0.3 is 0 Å². The lowest BCUT2D eigenvalue weighted by atomic mass is 10.2. The van der Waals surface area contributed by atoms with Gasteiger partial charge in [0.25, 0.3) is 0 Å². The number of nitrogens with zero attached hydrogens (tertiary/aromatic N) is 1. The van der Waals surface area contributed by atoms with Crippen LogP contribution >= 0.6 is 15.9 Å². The van der Waals surface area contributed by atoms with Crippen LogP contribution in [0.1, 0.15) is 11.3 Å². The average Bonchev–Trinajstić information content (AvgIpc) is 2.41. The quantitative estimate of drug-likeness (QED) is 0.937. The minimum Gasteiger partial charge on any atom is -0.497 e. The fraction of sp³-hybridized carbons (Fsp3) is 0.214. The molecule has 0 amide bonds. The second-order valence-electron chi connectivity index (χ2n) is 4.00. The molecule has 0 spiro atoms. The van der Waals surface area contributed by atoms with Gasteiger partial charge in [0, 0.05) is 18.3 Å². The fourth-order valence-corrected chi connectivity index (χ4v) is 2.08. The van der Waals surface area contributed by atoms with Crippen molar-refractivity contribution in [1.82, 2.24) is 4.98 Å². The summed E-state index contributed by atoms with van der Waals surface area (Å²) in [6.07, 6.45) is 0. The molecule has 0 atom stereocenters. The zero-order chi connectivity index (χ0) is 13.8. The van der Waals surface area contributed by atoms with Gasteiger partial charge in [-0.25, -0.2) is 4.98 Å². The molecule has 0 fully saturated rings. The summed E-state index contributed by atoms with van der Waals surface area (Å²) in [4.78, 5) is 4.37. The van der Waals surface area contributed by atoms with Crippen LogP contribution in [0.15, 0.2) is 34.8 Å². The van der Waals surface area contributed by atoms with Crippen molar-refractivity contribution in [3.63, 3.8) is 0 Å². The normalized spacial score (nSPS) is 10.3. The maximum Gasteiger partial charge on any atom is 0.219 e. The number of rotatable bonds is 4. The molecule has 0 aliphatic rings. The van der Waals surface area contributed by atoms with Crippen molar-refractivity contribution in [1.29, 1.82) is 0 Å². The van der Waals surface area contributed by atoms with Crippen LogP contribution in [-0.2, 0) is 6.54 Å². The van der Waals surface area contributed by atoms with Gasteiger partial charge in [0.15, 0.2) is 0 Å². The van der Waals surface area contributed by atoms with Crippen LogP contribution in [0.2, 0.25) is 0 Å². The Bertz CT molecular complexity index is 588. The van der Waals surface area contributed by atoms with Crippen molar-refractivity contribution in [3.05, 3.63) is 46.1 Å². The predicted octanol–water partition coefficient (Wildman–Crippen LogP) is 3.41. The second-order valence-corrected chi connectivity index (χ2v) is 4.85. The highest BCUT2D eigenvalue weighted by Crippen LogP contribution is 2.32. The van der Waals surface area contributed by atoms with Crippen molar-refractivity contribution >= 4 is 15.9 Å². The molecule has 0 saturated heterocycles. The minimum absolute atomic E-state index is 0.478. The monoisotopic (exact) mass is 322 g/mol. The Kier molecular flexibility index (Phi) is 4.39. The third-order valence-electron chi connectivity index (χ3n) is 2.74. The standard InChI is InChI=1S/C14H15BrN2O2/c1-9-10(8-16)3-6-14(17-9)19-13-5-4-11(18-2)7-12(13)15/h3-7H,8,16H2,1-2H3. The van der Waals surface area contributed by atoms with Crippen molar-refractivity contribution in [2.75, 3.05) is 7.11 Å². The number of halogens is 1. The van der Waals surface area contributed by atoms with Gasteiger partial charge in [-0.05, 0) is 46.6 Å². The Morgan fingerprint density at radius 2 is 2.05 bits per heavy atom. The number of aryl methyl sites for hydroxylation is 1. The highest BCUT2D eigenvalue weighted by Gasteiger charge is 2.07. The van der Waals surface area contributed by atoms with E-state index in [2.05, 4.69) is 20.9 Å². The van der Waals surface area contributed by atoms with Gasteiger partial charge in [-0.2, -0.15) is 0 Å². The molecular weight excluding hydrogens is 308 g/mol. The van der Waals surface area contributed by atoms with Crippen LogP contribution in [0.5, 0.6) is 17.4 Å². The summed E-state index contributed by atoms with van der Waals surface area (Å²) >= 11 is 3.44. The summed E-state index contributed by atoms with van der Waals surface area (Å²) < 4.78 is 11.7. The van der Waals surface area contributed by atoms with Crippen LogP contribution in [0.3, 0.4) is 0 Å². The summed E-state index contributed by atoms with van der Waals surface area (Å²) in [6, 6.07) is 9.25. The molecule has 0 bridgehead atoms. The number of benzene rings is 1. The highest BCUT2D eigenvalue weighted by atomic mass is 79.9. The maximum atomic E-state index is 5.73. The Morgan fingerprint density at radius 3 is 2.63 bits per heavy atom. The molecule has 1 heterocycles. The third kappa shape index (κ3) is 3.24. The van der Waals surface area contributed by atoms with Gasteiger partial charge < -0.3 is 15.2 Å². The van der Waals surface area contributed by atoms with Gasteiger partial charge in [0.05, 0.1) is 11.6 Å². The number of nitrogens with two attached hydrogens (primary N) is 1. The van der Waals surface area contributed by atoms with Crippen molar-refractivity contribution in [2.45, 2.75) is 13.5 Å². The van der Waals surface area contributed by atoms with Crippen LogP contribution < -0.4 is 15.2 Å². The van der Waals surface area contributed by atoms with Crippen LogP contribution in [-0.4, -0.2) is 12.1 Å². The average molecular weight is 323 g/mol. The van der Waals surface area contributed by atoms with Gasteiger partial charge in [0.2, 0.25) is 5.88 Å². The molecule has 2 N–H and O–H groups in total. The maximum absolute atomic E-state index is 5.73. The second kappa shape index (κ2) is 6.04. The van der Waals surface area contributed by atoms with E-state index in [-0.39, 0.29) is 0 Å². The Hall–Kier alpha value is -1.59. The lowest BCUT2D eigenvalue weighted by Gasteiger charge is -2.10. The first-order chi connectivity index (χ1) is 9.13.